The number of aromatic nitrogens is 1. The maximum Gasteiger partial charge on any atom is 0.418 e. The van der Waals surface area contributed by atoms with Crippen LogP contribution in [0.2, 0.25) is 0 Å². The third-order valence-corrected chi connectivity index (χ3v) is 3.87. The number of rotatable bonds is 2. The standard InChI is InChI=1S/C17H22BrNO2/c1-11(2)10-13-12-8-9-19(15(12)7-6-14(13)18)16(20)21-17(3,4)5/h6-9,11H,10H2,1-5H3. The van der Waals surface area contributed by atoms with Gasteiger partial charge in [-0.25, -0.2) is 4.79 Å². The Kier molecular flexibility index (Phi) is 4.47. The van der Waals surface area contributed by atoms with Crippen LogP contribution in [-0.2, 0) is 11.2 Å². The zero-order valence-electron chi connectivity index (χ0n) is 13.2. The zero-order valence-corrected chi connectivity index (χ0v) is 14.8. The Labute approximate surface area is 134 Å². The van der Waals surface area contributed by atoms with E-state index in [4.69, 9.17) is 4.74 Å². The molecule has 0 aliphatic carbocycles. The van der Waals surface area contributed by atoms with Crippen LogP contribution >= 0.6 is 15.9 Å². The Hall–Kier alpha value is -1.29. The third kappa shape index (κ3) is 3.67. The summed E-state index contributed by atoms with van der Waals surface area (Å²) in [6, 6.07) is 5.94. The van der Waals surface area contributed by atoms with Crippen molar-refractivity contribution in [1.29, 1.82) is 0 Å². The lowest BCUT2D eigenvalue weighted by Gasteiger charge is -2.20. The Morgan fingerprint density at radius 2 is 1.95 bits per heavy atom. The molecule has 0 atom stereocenters. The van der Waals surface area contributed by atoms with Crippen LogP contribution in [-0.4, -0.2) is 16.3 Å². The number of carbonyl (C=O) groups excluding carboxylic acids is 1. The van der Waals surface area contributed by atoms with E-state index >= 15 is 0 Å². The van der Waals surface area contributed by atoms with E-state index in [1.165, 1.54) is 5.56 Å². The lowest BCUT2D eigenvalue weighted by molar-refractivity contribution is 0.0544. The number of hydrogen-bond donors (Lipinski definition) is 0. The summed E-state index contributed by atoms with van der Waals surface area (Å²) in [7, 11) is 0. The highest BCUT2D eigenvalue weighted by Crippen LogP contribution is 2.30. The Morgan fingerprint density at radius 1 is 1.29 bits per heavy atom. The summed E-state index contributed by atoms with van der Waals surface area (Å²) in [5.74, 6) is 0.553. The van der Waals surface area contributed by atoms with E-state index < -0.39 is 5.60 Å². The van der Waals surface area contributed by atoms with Crippen molar-refractivity contribution in [3.8, 4) is 0 Å². The van der Waals surface area contributed by atoms with Gasteiger partial charge in [0.1, 0.15) is 5.60 Å². The molecule has 0 aliphatic rings. The number of fused-ring (bicyclic) bond motifs is 1. The van der Waals surface area contributed by atoms with Gasteiger partial charge in [-0.1, -0.05) is 29.8 Å². The second kappa shape index (κ2) is 5.84. The first kappa shape index (κ1) is 16.1. The zero-order chi connectivity index (χ0) is 15.8. The average Bonchev–Trinajstić information content (AvgIpc) is 2.74. The number of nitrogens with zero attached hydrogens (tertiary/aromatic N) is 1. The maximum absolute atomic E-state index is 12.3. The SMILES string of the molecule is CC(C)Cc1c(Br)ccc2c1ccn2C(=O)OC(C)(C)C. The lowest BCUT2D eigenvalue weighted by atomic mass is 10.00. The van der Waals surface area contributed by atoms with Gasteiger partial charge in [-0.2, -0.15) is 0 Å². The van der Waals surface area contributed by atoms with Crippen molar-refractivity contribution in [3.05, 3.63) is 34.4 Å². The molecule has 0 unspecified atom stereocenters. The molecule has 0 amide bonds. The fourth-order valence-corrected chi connectivity index (χ4v) is 2.84. The second-order valence-electron chi connectivity index (χ2n) is 6.72. The van der Waals surface area contributed by atoms with Gasteiger partial charge in [0.15, 0.2) is 0 Å². The predicted octanol–water partition coefficient (Wildman–Crippen LogP) is 5.39. The van der Waals surface area contributed by atoms with Crippen LogP contribution in [0.3, 0.4) is 0 Å². The van der Waals surface area contributed by atoms with Gasteiger partial charge < -0.3 is 4.74 Å². The molecule has 3 nitrogen and oxygen atoms in total. The van der Waals surface area contributed by atoms with Gasteiger partial charge in [-0.05, 0) is 56.9 Å². The number of ether oxygens (including phenoxy) is 1. The van der Waals surface area contributed by atoms with Crippen LogP contribution in [0.25, 0.3) is 10.9 Å². The first-order chi connectivity index (χ1) is 9.69. The third-order valence-electron chi connectivity index (χ3n) is 3.13. The molecule has 1 aromatic carbocycles. The van der Waals surface area contributed by atoms with Gasteiger partial charge in [0, 0.05) is 16.1 Å². The van der Waals surface area contributed by atoms with Gasteiger partial charge in [0.05, 0.1) is 5.52 Å². The quantitative estimate of drug-likeness (QED) is 0.726. The minimum atomic E-state index is -0.496. The maximum atomic E-state index is 12.3. The van der Waals surface area contributed by atoms with Crippen LogP contribution in [0, 0.1) is 5.92 Å². The summed E-state index contributed by atoms with van der Waals surface area (Å²) in [5.41, 5.74) is 1.64. The van der Waals surface area contributed by atoms with Crippen molar-refractivity contribution >= 4 is 32.9 Å². The van der Waals surface area contributed by atoms with E-state index in [2.05, 4.69) is 29.8 Å². The number of carbonyl (C=O) groups is 1. The molecule has 114 valence electrons. The van der Waals surface area contributed by atoms with Crippen molar-refractivity contribution in [2.75, 3.05) is 0 Å². The molecule has 21 heavy (non-hydrogen) atoms. The number of halogens is 1. The first-order valence-corrected chi connectivity index (χ1v) is 8.00. The summed E-state index contributed by atoms with van der Waals surface area (Å²) >= 11 is 3.62. The molecule has 2 aromatic rings. The molecule has 0 radical (unpaired) electrons. The highest BCUT2D eigenvalue weighted by molar-refractivity contribution is 9.10. The van der Waals surface area contributed by atoms with Crippen molar-refractivity contribution in [2.45, 2.75) is 46.6 Å². The van der Waals surface area contributed by atoms with Gasteiger partial charge in [-0.3, -0.25) is 4.57 Å². The Morgan fingerprint density at radius 3 is 2.52 bits per heavy atom. The molecule has 0 aliphatic heterocycles. The summed E-state index contributed by atoms with van der Waals surface area (Å²) in [5, 5.41) is 1.10. The van der Waals surface area contributed by atoms with Crippen molar-refractivity contribution in [3.63, 3.8) is 0 Å². The molecule has 0 spiro atoms. The van der Waals surface area contributed by atoms with Crippen LogP contribution in [0.4, 0.5) is 4.79 Å². The van der Waals surface area contributed by atoms with Crippen LogP contribution < -0.4 is 0 Å². The smallest absolute Gasteiger partial charge is 0.418 e. The molecule has 1 aromatic heterocycles. The highest BCUT2D eigenvalue weighted by atomic mass is 79.9. The normalized spacial score (nSPS) is 12.1. The van der Waals surface area contributed by atoms with Crippen molar-refractivity contribution < 1.29 is 9.53 Å². The largest absolute Gasteiger partial charge is 0.443 e. The molecule has 0 saturated carbocycles. The fraction of sp³-hybridized carbons (Fsp3) is 0.471. The highest BCUT2D eigenvalue weighted by Gasteiger charge is 2.20. The number of benzene rings is 1. The van der Waals surface area contributed by atoms with Gasteiger partial charge in [0.2, 0.25) is 0 Å². The molecular formula is C17H22BrNO2. The molecule has 1 heterocycles. The van der Waals surface area contributed by atoms with Crippen molar-refractivity contribution in [1.82, 2.24) is 4.57 Å². The Bertz CT molecular complexity index is 665. The van der Waals surface area contributed by atoms with Crippen molar-refractivity contribution in [2.24, 2.45) is 5.92 Å². The van der Waals surface area contributed by atoms with Crippen LogP contribution in [0.15, 0.2) is 28.9 Å². The first-order valence-electron chi connectivity index (χ1n) is 7.21. The fourth-order valence-electron chi connectivity index (χ4n) is 2.34. The molecule has 4 heteroatoms. The molecule has 0 saturated heterocycles. The van der Waals surface area contributed by atoms with E-state index in [9.17, 15) is 4.79 Å². The van der Waals surface area contributed by atoms with Crippen LogP contribution in [0.1, 0.15) is 40.2 Å². The molecule has 0 fully saturated rings. The lowest BCUT2D eigenvalue weighted by Crippen LogP contribution is -2.26. The molecule has 0 bridgehead atoms. The van der Waals surface area contributed by atoms with E-state index in [-0.39, 0.29) is 6.09 Å². The summed E-state index contributed by atoms with van der Waals surface area (Å²) < 4.78 is 8.12. The van der Waals surface area contributed by atoms with Gasteiger partial charge >= 0.3 is 6.09 Å². The minimum absolute atomic E-state index is 0.338. The van der Waals surface area contributed by atoms with E-state index in [1.807, 2.05) is 39.0 Å². The van der Waals surface area contributed by atoms with E-state index in [0.717, 1.165) is 21.8 Å². The molecular weight excluding hydrogens is 330 g/mol. The minimum Gasteiger partial charge on any atom is -0.443 e. The molecule has 2 rings (SSSR count). The summed E-state index contributed by atoms with van der Waals surface area (Å²) in [4.78, 5) is 12.3. The van der Waals surface area contributed by atoms with Gasteiger partial charge in [0.25, 0.3) is 0 Å². The predicted molar refractivity (Wildman–Crippen MR) is 89.8 cm³/mol. The van der Waals surface area contributed by atoms with E-state index in [0.29, 0.717) is 5.92 Å². The second-order valence-corrected chi connectivity index (χ2v) is 7.58. The van der Waals surface area contributed by atoms with Crippen LogP contribution in [0.5, 0.6) is 0 Å². The average molecular weight is 352 g/mol. The summed E-state index contributed by atoms with van der Waals surface area (Å²) in [6.45, 7) is 10.00. The molecule has 0 N–H and O–H groups in total. The van der Waals surface area contributed by atoms with Gasteiger partial charge in [-0.15, -0.1) is 0 Å². The van der Waals surface area contributed by atoms with E-state index in [1.54, 1.807) is 10.8 Å². The number of hydrogen-bond acceptors (Lipinski definition) is 2. The Balaban J connectivity index is 2.48. The topological polar surface area (TPSA) is 31.2 Å². The summed E-state index contributed by atoms with van der Waals surface area (Å²) in [6.07, 6.45) is 2.42. The monoisotopic (exact) mass is 351 g/mol.